The first-order chi connectivity index (χ1) is 8.63. The summed E-state index contributed by atoms with van der Waals surface area (Å²) in [6.07, 6.45) is 6.78. The molecule has 0 aromatic heterocycles. The van der Waals surface area contributed by atoms with E-state index in [0.29, 0.717) is 12.2 Å². The van der Waals surface area contributed by atoms with E-state index in [1.54, 1.807) is 0 Å². The molecular weight excluding hydrogens is 224 g/mol. The number of carbonyl (C=O) groups excluding carboxylic acids is 1. The molecule has 0 saturated heterocycles. The highest BCUT2D eigenvalue weighted by atomic mass is 16.5. The normalized spacial score (nSPS) is 15.9. The summed E-state index contributed by atoms with van der Waals surface area (Å²) in [5.74, 6) is 1.34. The van der Waals surface area contributed by atoms with Crippen molar-refractivity contribution in [1.82, 2.24) is 0 Å². The second-order valence-corrected chi connectivity index (χ2v) is 5.49. The van der Waals surface area contributed by atoms with Crippen LogP contribution in [0.25, 0.3) is 0 Å². The Morgan fingerprint density at radius 3 is 2.39 bits per heavy atom. The molecule has 0 radical (unpaired) electrons. The quantitative estimate of drug-likeness (QED) is 0.588. The molecule has 0 aliphatic heterocycles. The topological polar surface area (TPSA) is 26.3 Å². The van der Waals surface area contributed by atoms with Gasteiger partial charge in [-0.3, -0.25) is 4.79 Å². The van der Waals surface area contributed by atoms with E-state index in [1.165, 1.54) is 25.7 Å². The lowest BCUT2D eigenvalue weighted by atomic mass is 10.0. The van der Waals surface area contributed by atoms with Crippen LogP contribution >= 0.6 is 0 Å². The van der Waals surface area contributed by atoms with Crippen molar-refractivity contribution in [2.75, 3.05) is 0 Å². The van der Waals surface area contributed by atoms with Crippen LogP contribution in [0.3, 0.4) is 0 Å². The van der Waals surface area contributed by atoms with Gasteiger partial charge in [-0.2, -0.15) is 0 Å². The summed E-state index contributed by atoms with van der Waals surface area (Å²) < 4.78 is 5.40. The van der Waals surface area contributed by atoms with Gasteiger partial charge in [0.25, 0.3) is 0 Å². The summed E-state index contributed by atoms with van der Waals surface area (Å²) in [7, 11) is 0. The lowest BCUT2D eigenvalue weighted by Gasteiger charge is -2.09. The number of hydrogen-bond donors (Lipinski definition) is 0. The van der Waals surface area contributed by atoms with E-state index in [9.17, 15) is 4.79 Å². The van der Waals surface area contributed by atoms with Gasteiger partial charge in [0, 0.05) is 6.42 Å². The Balaban J connectivity index is 1.82. The Labute approximate surface area is 109 Å². The van der Waals surface area contributed by atoms with Crippen molar-refractivity contribution in [2.24, 2.45) is 5.92 Å². The molecule has 2 rings (SSSR count). The first-order valence-electron chi connectivity index (χ1n) is 6.92. The molecule has 1 aliphatic carbocycles. The van der Waals surface area contributed by atoms with E-state index in [4.69, 9.17) is 4.74 Å². The number of hydrogen-bond acceptors (Lipinski definition) is 2. The van der Waals surface area contributed by atoms with Gasteiger partial charge in [0.15, 0.2) is 0 Å². The van der Waals surface area contributed by atoms with Gasteiger partial charge in [0.1, 0.15) is 5.75 Å². The number of carbonyl (C=O) groups is 1. The van der Waals surface area contributed by atoms with Crippen LogP contribution in [0.5, 0.6) is 5.75 Å². The average Bonchev–Trinajstić information content (AvgIpc) is 2.77. The first kappa shape index (κ1) is 13.1. The molecule has 1 saturated carbocycles. The van der Waals surface area contributed by atoms with Gasteiger partial charge in [-0.15, -0.1) is 0 Å². The number of aryl methyl sites for hydroxylation is 2. The molecule has 2 nitrogen and oxygen atoms in total. The Morgan fingerprint density at radius 2 is 1.78 bits per heavy atom. The monoisotopic (exact) mass is 246 g/mol. The molecular formula is C16H22O2. The van der Waals surface area contributed by atoms with Crippen LogP contribution in [-0.4, -0.2) is 5.97 Å². The highest BCUT2D eigenvalue weighted by Crippen LogP contribution is 2.28. The van der Waals surface area contributed by atoms with Crippen molar-refractivity contribution in [1.29, 1.82) is 0 Å². The van der Waals surface area contributed by atoms with E-state index < -0.39 is 0 Å². The molecule has 1 aliphatic rings. The average molecular weight is 246 g/mol. The first-order valence-corrected chi connectivity index (χ1v) is 6.92. The van der Waals surface area contributed by atoms with Crippen molar-refractivity contribution in [3.05, 3.63) is 29.3 Å². The molecule has 2 heteroatoms. The molecule has 0 heterocycles. The van der Waals surface area contributed by atoms with Crippen molar-refractivity contribution in [3.63, 3.8) is 0 Å². The van der Waals surface area contributed by atoms with E-state index in [2.05, 4.69) is 6.07 Å². The fourth-order valence-corrected chi connectivity index (χ4v) is 2.80. The van der Waals surface area contributed by atoms with Crippen molar-refractivity contribution in [3.8, 4) is 5.75 Å². The zero-order valence-electron chi connectivity index (χ0n) is 11.4. The van der Waals surface area contributed by atoms with Gasteiger partial charge in [-0.1, -0.05) is 31.7 Å². The standard InChI is InChI=1S/C16H22O2/c1-12-9-13(2)11-15(10-12)18-16(17)8-7-14-5-3-4-6-14/h9-11,14H,3-8H2,1-2H3. The van der Waals surface area contributed by atoms with Crippen LogP contribution in [0.4, 0.5) is 0 Å². The van der Waals surface area contributed by atoms with Crippen LogP contribution in [0.1, 0.15) is 49.7 Å². The Hall–Kier alpha value is -1.31. The minimum Gasteiger partial charge on any atom is -0.427 e. The molecule has 18 heavy (non-hydrogen) atoms. The van der Waals surface area contributed by atoms with Gasteiger partial charge < -0.3 is 4.74 Å². The maximum absolute atomic E-state index is 11.8. The van der Waals surface area contributed by atoms with Crippen LogP contribution in [0.2, 0.25) is 0 Å². The van der Waals surface area contributed by atoms with Gasteiger partial charge in [0.2, 0.25) is 0 Å². The fourth-order valence-electron chi connectivity index (χ4n) is 2.80. The predicted octanol–water partition coefficient (Wildman–Crippen LogP) is 4.18. The summed E-state index contributed by atoms with van der Waals surface area (Å²) >= 11 is 0. The molecule has 1 aromatic carbocycles. The van der Waals surface area contributed by atoms with Crippen molar-refractivity contribution >= 4 is 5.97 Å². The van der Waals surface area contributed by atoms with Gasteiger partial charge >= 0.3 is 5.97 Å². The molecule has 1 fully saturated rings. The predicted molar refractivity (Wildman–Crippen MR) is 72.7 cm³/mol. The zero-order chi connectivity index (χ0) is 13.0. The van der Waals surface area contributed by atoms with Crippen molar-refractivity contribution < 1.29 is 9.53 Å². The molecule has 0 amide bonds. The number of ether oxygens (including phenoxy) is 1. The zero-order valence-corrected chi connectivity index (χ0v) is 11.4. The minimum absolute atomic E-state index is 0.0908. The maximum atomic E-state index is 11.8. The van der Waals surface area contributed by atoms with E-state index in [1.807, 2.05) is 26.0 Å². The maximum Gasteiger partial charge on any atom is 0.311 e. The number of benzene rings is 1. The smallest absolute Gasteiger partial charge is 0.311 e. The molecule has 0 N–H and O–H groups in total. The third-order valence-electron chi connectivity index (χ3n) is 3.66. The third-order valence-corrected chi connectivity index (χ3v) is 3.66. The number of rotatable bonds is 4. The van der Waals surface area contributed by atoms with Gasteiger partial charge in [-0.05, 0) is 49.4 Å². The summed E-state index contributed by atoms with van der Waals surface area (Å²) in [5.41, 5.74) is 2.27. The molecule has 0 spiro atoms. The minimum atomic E-state index is -0.0908. The van der Waals surface area contributed by atoms with Crippen LogP contribution in [0, 0.1) is 19.8 Å². The largest absolute Gasteiger partial charge is 0.427 e. The van der Waals surface area contributed by atoms with E-state index in [0.717, 1.165) is 23.5 Å². The highest BCUT2D eigenvalue weighted by molar-refractivity contribution is 5.72. The lowest BCUT2D eigenvalue weighted by Crippen LogP contribution is -2.09. The lowest BCUT2D eigenvalue weighted by molar-refractivity contribution is -0.134. The summed E-state index contributed by atoms with van der Waals surface area (Å²) in [5, 5.41) is 0. The number of esters is 1. The second kappa shape index (κ2) is 6.03. The Morgan fingerprint density at radius 1 is 1.17 bits per heavy atom. The SMILES string of the molecule is Cc1cc(C)cc(OC(=O)CCC2CCCC2)c1. The Kier molecular flexibility index (Phi) is 4.40. The molecule has 1 aromatic rings. The molecule has 0 bridgehead atoms. The highest BCUT2D eigenvalue weighted by Gasteiger charge is 2.16. The summed E-state index contributed by atoms with van der Waals surface area (Å²) in [6.45, 7) is 4.03. The second-order valence-electron chi connectivity index (χ2n) is 5.49. The van der Waals surface area contributed by atoms with Gasteiger partial charge in [0.05, 0.1) is 0 Å². The molecule has 0 unspecified atom stereocenters. The van der Waals surface area contributed by atoms with Crippen LogP contribution < -0.4 is 4.74 Å². The Bertz CT molecular complexity index is 397. The summed E-state index contributed by atoms with van der Waals surface area (Å²) in [6, 6.07) is 5.91. The molecule has 0 atom stereocenters. The fraction of sp³-hybridized carbons (Fsp3) is 0.562. The van der Waals surface area contributed by atoms with E-state index >= 15 is 0 Å². The summed E-state index contributed by atoms with van der Waals surface area (Å²) in [4.78, 5) is 11.8. The van der Waals surface area contributed by atoms with Gasteiger partial charge in [-0.25, -0.2) is 0 Å². The van der Waals surface area contributed by atoms with E-state index in [-0.39, 0.29) is 5.97 Å². The van der Waals surface area contributed by atoms with Crippen LogP contribution in [-0.2, 0) is 4.79 Å². The molecule has 98 valence electrons. The van der Waals surface area contributed by atoms with Crippen LogP contribution in [0.15, 0.2) is 18.2 Å². The van der Waals surface area contributed by atoms with Crippen molar-refractivity contribution in [2.45, 2.75) is 52.4 Å². The third kappa shape index (κ3) is 3.86.